The van der Waals surface area contributed by atoms with Crippen LogP contribution in [-0.4, -0.2) is 71.6 Å². The van der Waals surface area contributed by atoms with E-state index in [1.807, 2.05) is 29.7 Å². The van der Waals surface area contributed by atoms with Crippen LogP contribution in [-0.2, 0) is 7.05 Å². The fourth-order valence-electron chi connectivity index (χ4n) is 3.67. The Morgan fingerprint density at radius 2 is 2.10 bits per heavy atom. The molecule has 2 aromatic rings. The number of nitrogens with one attached hydrogen (secondary N) is 1. The highest BCUT2D eigenvalue weighted by Crippen LogP contribution is 2.26. The highest BCUT2D eigenvalue weighted by atomic mass is 127. The van der Waals surface area contributed by atoms with Gasteiger partial charge in [-0.15, -0.1) is 35.7 Å². The number of halogens is 1. The van der Waals surface area contributed by atoms with Crippen molar-refractivity contribution in [3.8, 4) is 0 Å². The van der Waals surface area contributed by atoms with Crippen LogP contribution in [0.2, 0.25) is 0 Å². The van der Waals surface area contributed by atoms with Crippen molar-refractivity contribution in [1.82, 2.24) is 24.9 Å². The molecule has 8 heteroatoms. The minimum absolute atomic E-state index is 0. The number of aliphatic imine (C=N–C) groups is 1. The van der Waals surface area contributed by atoms with Crippen molar-refractivity contribution in [2.75, 3.05) is 46.0 Å². The molecule has 0 aliphatic carbocycles. The summed E-state index contributed by atoms with van der Waals surface area (Å²) in [4.78, 5) is 11.0. The van der Waals surface area contributed by atoms with Gasteiger partial charge in [0.1, 0.15) is 0 Å². The van der Waals surface area contributed by atoms with Crippen molar-refractivity contribution in [2.24, 2.45) is 18.0 Å². The summed E-state index contributed by atoms with van der Waals surface area (Å²) in [5, 5.41) is 7.83. The van der Waals surface area contributed by atoms with Crippen LogP contribution >= 0.6 is 35.7 Å². The minimum Gasteiger partial charge on any atom is -0.357 e. The number of hydrogen-bond donors (Lipinski definition) is 1. The third-order valence-corrected chi connectivity index (χ3v) is 6.54. The Kier molecular flexibility index (Phi) is 10.5. The highest BCUT2D eigenvalue weighted by molar-refractivity contribution is 14.0. The molecular weight excluding hydrogens is 507 g/mol. The number of likely N-dealkylation sites (N-methyl/N-ethyl adjacent to an activating group) is 1. The molecule has 0 radical (unpaired) electrons. The van der Waals surface area contributed by atoms with Crippen molar-refractivity contribution in [1.29, 1.82) is 0 Å². The molecule has 0 saturated carbocycles. The first-order chi connectivity index (χ1) is 14.1. The molecule has 1 aromatic carbocycles. The SMILES string of the molecule is CCNC(=NCC(c1cnn(C)c1)N(C)C)N1CCC(CSc2ccccc2)C1.I. The van der Waals surface area contributed by atoms with Gasteiger partial charge in [-0.05, 0) is 45.5 Å². The largest absolute Gasteiger partial charge is 0.357 e. The zero-order valence-corrected chi connectivity index (χ0v) is 21.6. The lowest BCUT2D eigenvalue weighted by atomic mass is 10.1. The van der Waals surface area contributed by atoms with E-state index in [-0.39, 0.29) is 30.0 Å². The molecule has 1 N–H and O–H groups in total. The monoisotopic (exact) mass is 542 g/mol. The van der Waals surface area contributed by atoms with Gasteiger partial charge in [0.05, 0.1) is 18.8 Å². The van der Waals surface area contributed by atoms with Crippen molar-refractivity contribution < 1.29 is 0 Å². The molecule has 1 aliphatic heterocycles. The predicted octanol–water partition coefficient (Wildman–Crippen LogP) is 3.72. The van der Waals surface area contributed by atoms with Crippen LogP contribution in [0.1, 0.15) is 24.9 Å². The van der Waals surface area contributed by atoms with Gasteiger partial charge in [-0.3, -0.25) is 9.67 Å². The molecule has 2 atom stereocenters. The van der Waals surface area contributed by atoms with Gasteiger partial charge in [-0.1, -0.05) is 18.2 Å². The number of nitrogens with zero attached hydrogens (tertiary/aromatic N) is 5. The molecule has 0 amide bonds. The molecule has 2 unspecified atom stereocenters. The number of guanidine groups is 1. The first kappa shape index (κ1) is 25.0. The minimum atomic E-state index is 0. The van der Waals surface area contributed by atoms with Crippen LogP contribution in [0.15, 0.2) is 52.6 Å². The summed E-state index contributed by atoms with van der Waals surface area (Å²) < 4.78 is 1.86. The quantitative estimate of drug-likeness (QED) is 0.239. The standard InChI is InChI=1S/C22H34N6S.HI/c1-5-23-22(24-14-21(26(2)3)19-13-25-27(4)16-19)28-12-11-18(15-28)17-29-20-9-7-6-8-10-20;/h6-10,13,16,18,21H,5,11-12,14-15,17H2,1-4H3,(H,23,24);1H. The Hall–Kier alpha value is -1.26. The molecule has 2 heterocycles. The Balaban J connectivity index is 0.00000320. The maximum Gasteiger partial charge on any atom is 0.193 e. The number of thioether (sulfide) groups is 1. The van der Waals surface area contributed by atoms with Crippen LogP contribution in [0.4, 0.5) is 0 Å². The van der Waals surface area contributed by atoms with Gasteiger partial charge in [0.25, 0.3) is 0 Å². The van der Waals surface area contributed by atoms with E-state index in [9.17, 15) is 0 Å². The second-order valence-electron chi connectivity index (χ2n) is 7.85. The molecule has 6 nitrogen and oxygen atoms in total. The number of aryl methyl sites for hydroxylation is 1. The molecule has 3 rings (SSSR count). The molecule has 0 spiro atoms. The summed E-state index contributed by atoms with van der Waals surface area (Å²) in [5.41, 5.74) is 1.20. The summed E-state index contributed by atoms with van der Waals surface area (Å²) >= 11 is 1.96. The van der Waals surface area contributed by atoms with Crippen LogP contribution in [0.3, 0.4) is 0 Å². The Bertz CT molecular complexity index is 779. The van der Waals surface area contributed by atoms with Crippen molar-refractivity contribution in [3.05, 3.63) is 48.3 Å². The molecule has 166 valence electrons. The van der Waals surface area contributed by atoms with E-state index in [0.29, 0.717) is 5.92 Å². The maximum absolute atomic E-state index is 5.00. The molecule has 0 bridgehead atoms. The second kappa shape index (κ2) is 12.6. The van der Waals surface area contributed by atoms with Crippen LogP contribution < -0.4 is 5.32 Å². The topological polar surface area (TPSA) is 48.7 Å². The van der Waals surface area contributed by atoms with Gasteiger partial charge in [-0.25, -0.2) is 0 Å². The fraction of sp³-hybridized carbons (Fsp3) is 0.545. The van der Waals surface area contributed by atoms with Gasteiger partial charge in [-0.2, -0.15) is 5.10 Å². The first-order valence-corrected chi connectivity index (χ1v) is 11.4. The number of hydrogen-bond acceptors (Lipinski definition) is 4. The van der Waals surface area contributed by atoms with Gasteiger partial charge >= 0.3 is 0 Å². The van der Waals surface area contributed by atoms with E-state index < -0.39 is 0 Å². The third-order valence-electron chi connectivity index (χ3n) is 5.30. The van der Waals surface area contributed by atoms with E-state index in [0.717, 1.165) is 37.9 Å². The highest BCUT2D eigenvalue weighted by Gasteiger charge is 2.25. The van der Waals surface area contributed by atoms with E-state index in [4.69, 9.17) is 4.99 Å². The van der Waals surface area contributed by atoms with Crippen molar-refractivity contribution in [3.63, 3.8) is 0 Å². The zero-order valence-electron chi connectivity index (χ0n) is 18.5. The number of benzene rings is 1. The third kappa shape index (κ3) is 7.16. The Labute approximate surface area is 202 Å². The zero-order chi connectivity index (χ0) is 20.6. The molecule has 1 aliphatic rings. The molecule has 30 heavy (non-hydrogen) atoms. The summed E-state index contributed by atoms with van der Waals surface area (Å²) in [5.74, 6) is 2.90. The normalized spacial score (nSPS) is 17.8. The maximum atomic E-state index is 5.00. The summed E-state index contributed by atoms with van der Waals surface area (Å²) in [6.07, 6.45) is 5.25. The molecule has 1 fully saturated rings. The van der Waals surface area contributed by atoms with E-state index in [1.54, 1.807) is 0 Å². The lowest BCUT2D eigenvalue weighted by Crippen LogP contribution is -2.40. The molecular formula is C22H35IN6S. The lowest BCUT2D eigenvalue weighted by Gasteiger charge is -2.25. The predicted molar refractivity (Wildman–Crippen MR) is 138 cm³/mol. The molecule has 1 aromatic heterocycles. The number of rotatable bonds is 8. The van der Waals surface area contributed by atoms with E-state index >= 15 is 0 Å². The number of aromatic nitrogens is 2. The first-order valence-electron chi connectivity index (χ1n) is 10.4. The summed E-state index contributed by atoms with van der Waals surface area (Å²) in [7, 11) is 6.17. The fourth-order valence-corrected chi connectivity index (χ4v) is 4.72. The lowest BCUT2D eigenvalue weighted by molar-refractivity contribution is 0.305. The van der Waals surface area contributed by atoms with Crippen LogP contribution in [0.5, 0.6) is 0 Å². The number of likely N-dealkylation sites (tertiary alicyclic amines) is 1. The summed E-state index contributed by atoms with van der Waals surface area (Å²) in [6, 6.07) is 10.9. The average molecular weight is 543 g/mol. The van der Waals surface area contributed by atoms with E-state index in [2.05, 4.69) is 77.8 Å². The van der Waals surface area contributed by atoms with Crippen molar-refractivity contribution >= 4 is 41.7 Å². The van der Waals surface area contributed by atoms with Gasteiger partial charge in [0.2, 0.25) is 0 Å². The second-order valence-corrected chi connectivity index (χ2v) is 8.94. The summed E-state index contributed by atoms with van der Waals surface area (Å²) in [6.45, 7) is 5.90. The molecule has 1 saturated heterocycles. The Morgan fingerprint density at radius 1 is 1.33 bits per heavy atom. The van der Waals surface area contributed by atoms with Crippen LogP contribution in [0, 0.1) is 5.92 Å². The van der Waals surface area contributed by atoms with Gasteiger partial charge < -0.3 is 15.1 Å². The van der Waals surface area contributed by atoms with Gasteiger partial charge in [0.15, 0.2) is 5.96 Å². The van der Waals surface area contributed by atoms with Crippen LogP contribution in [0.25, 0.3) is 0 Å². The average Bonchev–Trinajstić information content (AvgIpc) is 3.35. The van der Waals surface area contributed by atoms with E-state index in [1.165, 1.54) is 16.9 Å². The smallest absolute Gasteiger partial charge is 0.193 e. The Morgan fingerprint density at radius 3 is 2.73 bits per heavy atom. The van der Waals surface area contributed by atoms with Crippen molar-refractivity contribution in [2.45, 2.75) is 24.3 Å². The van der Waals surface area contributed by atoms with Gasteiger partial charge in [0, 0.05) is 49.1 Å².